The molecule has 0 bridgehead atoms. The average molecular weight is 455 g/mol. The first kappa shape index (κ1) is 23.4. The molecular formula is C16H34IN5O2. The van der Waals surface area contributed by atoms with E-state index in [0.717, 1.165) is 52.2 Å². The van der Waals surface area contributed by atoms with Crippen LogP contribution in [0.3, 0.4) is 0 Å². The summed E-state index contributed by atoms with van der Waals surface area (Å²) in [4.78, 5) is 18.3. The molecule has 0 atom stereocenters. The number of carbonyl (C=O) groups excluding carboxylic acids is 1. The highest BCUT2D eigenvalue weighted by atomic mass is 127. The molecule has 0 aromatic carbocycles. The molecule has 1 rings (SSSR count). The van der Waals surface area contributed by atoms with Gasteiger partial charge in [-0.3, -0.25) is 14.7 Å². The zero-order valence-electron chi connectivity index (χ0n) is 15.5. The molecule has 0 radical (unpaired) electrons. The third-order valence-corrected chi connectivity index (χ3v) is 3.45. The predicted octanol–water partition coefficient (Wildman–Crippen LogP) is 0.797. The Morgan fingerprint density at radius 3 is 2.42 bits per heavy atom. The Hall–Kier alpha value is -0.610. The minimum atomic E-state index is -0.213. The lowest BCUT2D eigenvalue weighted by Gasteiger charge is -2.26. The summed E-state index contributed by atoms with van der Waals surface area (Å²) in [6.45, 7) is 11.9. The topological polar surface area (TPSA) is 78.0 Å². The molecular weight excluding hydrogens is 421 g/mol. The maximum Gasteiger partial charge on any atom is 0.239 e. The van der Waals surface area contributed by atoms with Crippen molar-refractivity contribution in [1.82, 2.24) is 20.9 Å². The van der Waals surface area contributed by atoms with Crippen molar-refractivity contribution in [2.24, 2.45) is 4.99 Å². The molecule has 1 aliphatic rings. The van der Waals surface area contributed by atoms with Gasteiger partial charge in [-0.1, -0.05) is 0 Å². The van der Waals surface area contributed by atoms with Crippen LogP contribution in [0, 0.1) is 0 Å². The molecule has 0 aliphatic carbocycles. The molecule has 8 heteroatoms. The van der Waals surface area contributed by atoms with Crippen molar-refractivity contribution in [3.05, 3.63) is 0 Å². The Bertz CT molecular complexity index is 379. The number of hydrogen-bond donors (Lipinski definition) is 3. The predicted molar refractivity (Wildman–Crippen MR) is 109 cm³/mol. The van der Waals surface area contributed by atoms with E-state index < -0.39 is 0 Å². The highest BCUT2D eigenvalue weighted by Gasteiger charge is 2.13. The number of rotatable bonds is 7. The second-order valence-corrected chi connectivity index (χ2v) is 6.81. The monoisotopic (exact) mass is 455 g/mol. The smallest absolute Gasteiger partial charge is 0.239 e. The molecule has 1 amide bonds. The number of guanidine groups is 1. The summed E-state index contributed by atoms with van der Waals surface area (Å²) in [6.07, 6.45) is 2.22. The van der Waals surface area contributed by atoms with Gasteiger partial charge in [0, 0.05) is 32.2 Å². The second kappa shape index (κ2) is 12.7. The third-order valence-electron chi connectivity index (χ3n) is 3.45. The summed E-state index contributed by atoms with van der Waals surface area (Å²) in [5.74, 6) is 0.633. The Labute approximate surface area is 163 Å². The van der Waals surface area contributed by atoms with Gasteiger partial charge in [0.05, 0.1) is 19.8 Å². The van der Waals surface area contributed by atoms with Crippen LogP contribution >= 0.6 is 24.0 Å². The molecule has 1 heterocycles. The van der Waals surface area contributed by atoms with Crippen LogP contribution in [0.25, 0.3) is 0 Å². The molecule has 0 aromatic heterocycles. The van der Waals surface area contributed by atoms with Crippen LogP contribution in [0.4, 0.5) is 0 Å². The lowest BCUT2D eigenvalue weighted by molar-refractivity contribution is -0.121. The van der Waals surface area contributed by atoms with Crippen LogP contribution in [0.1, 0.15) is 33.6 Å². The van der Waals surface area contributed by atoms with Crippen molar-refractivity contribution < 1.29 is 9.53 Å². The van der Waals surface area contributed by atoms with E-state index in [1.165, 1.54) is 0 Å². The molecule has 24 heavy (non-hydrogen) atoms. The molecule has 0 unspecified atom stereocenters. The van der Waals surface area contributed by atoms with Gasteiger partial charge in [0.2, 0.25) is 5.91 Å². The Balaban J connectivity index is 0.00000529. The van der Waals surface area contributed by atoms with Crippen molar-refractivity contribution in [3.63, 3.8) is 0 Å². The van der Waals surface area contributed by atoms with E-state index in [4.69, 9.17) is 4.74 Å². The normalized spacial score (nSPS) is 16.2. The van der Waals surface area contributed by atoms with Gasteiger partial charge in [-0.2, -0.15) is 0 Å². The van der Waals surface area contributed by atoms with Gasteiger partial charge in [0.25, 0.3) is 0 Å². The van der Waals surface area contributed by atoms with Gasteiger partial charge in [-0.05, 0) is 40.2 Å². The highest BCUT2D eigenvalue weighted by Crippen LogP contribution is 1.99. The first-order valence-electron chi connectivity index (χ1n) is 8.46. The summed E-state index contributed by atoms with van der Waals surface area (Å²) in [6, 6.07) is 0. The Morgan fingerprint density at radius 1 is 1.17 bits per heavy atom. The fourth-order valence-corrected chi connectivity index (χ4v) is 2.34. The van der Waals surface area contributed by atoms with Gasteiger partial charge < -0.3 is 20.7 Å². The van der Waals surface area contributed by atoms with Crippen molar-refractivity contribution in [3.8, 4) is 0 Å². The van der Waals surface area contributed by atoms with Crippen molar-refractivity contribution >= 4 is 35.8 Å². The number of nitrogens with zero attached hydrogens (tertiary/aromatic N) is 2. The molecule has 0 spiro atoms. The number of unbranched alkanes of at least 4 members (excludes halogenated alkanes) is 1. The largest absolute Gasteiger partial charge is 0.379 e. The molecule has 0 aromatic rings. The quantitative estimate of drug-likeness (QED) is 0.229. The van der Waals surface area contributed by atoms with E-state index in [1.54, 1.807) is 7.05 Å². The maximum atomic E-state index is 11.8. The third kappa shape index (κ3) is 11.9. The van der Waals surface area contributed by atoms with Crippen LogP contribution in [0.2, 0.25) is 0 Å². The molecule has 0 saturated carbocycles. The van der Waals surface area contributed by atoms with E-state index in [2.05, 4.69) is 25.8 Å². The standard InChI is InChI=1S/C16H33N5O2.HI/c1-16(2,3)20-14(22)13-19-15(17-4)18-7-5-6-8-21-9-11-23-12-10-21;/h5-13H2,1-4H3,(H,20,22)(H2,17,18,19);1H. The molecule has 1 saturated heterocycles. The fourth-order valence-electron chi connectivity index (χ4n) is 2.34. The number of halogens is 1. The van der Waals surface area contributed by atoms with Crippen LogP contribution in [-0.2, 0) is 9.53 Å². The number of aliphatic imine (C=N–C) groups is 1. The number of nitrogens with one attached hydrogen (secondary N) is 3. The number of carbonyl (C=O) groups is 1. The first-order valence-corrected chi connectivity index (χ1v) is 8.46. The lowest BCUT2D eigenvalue weighted by Crippen LogP contribution is -2.48. The van der Waals surface area contributed by atoms with Crippen LogP contribution in [0.15, 0.2) is 4.99 Å². The highest BCUT2D eigenvalue weighted by molar-refractivity contribution is 14.0. The minimum Gasteiger partial charge on any atom is -0.379 e. The summed E-state index contributed by atoms with van der Waals surface area (Å²) in [7, 11) is 1.71. The molecule has 1 aliphatic heterocycles. The Kier molecular flexibility index (Phi) is 12.4. The van der Waals surface area contributed by atoms with Crippen LogP contribution in [0.5, 0.6) is 0 Å². The molecule has 3 N–H and O–H groups in total. The summed E-state index contributed by atoms with van der Waals surface area (Å²) < 4.78 is 5.34. The summed E-state index contributed by atoms with van der Waals surface area (Å²) in [5.41, 5.74) is -0.213. The van der Waals surface area contributed by atoms with Crippen LogP contribution < -0.4 is 16.0 Å². The number of ether oxygens (including phenoxy) is 1. The van der Waals surface area contributed by atoms with Crippen molar-refractivity contribution in [2.45, 2.75) is 39.2 Å². The number of morpholine rings is 1. The van der Waals surface area contributed by atoms with Crippen molar-refractivity contribution in [1.29, 1.82) is 0 Å². The van der Waals surface area contributed by atoms with Gasteiger partial charge in [0.15, 0.2) is 5.96 Å². The SMILES string of the molecule is CN=C(NCCCCN1CCOCC1)NCC(=O)NC(C)(C)C.I. The van der Waals surface area contributed by atoms with Gasteiger partial charge in [-0.25, -0.2) is 0 Å². The second-order valence-electron chi connectivity index (χ2n) is 6.81. The molecule has 1 fully saturated rings. The number of hydrogen-bond acceptors (Lipinski definition) is 4. The molecule has 142 valence electrons. The maximum absolute atomic E-state index is 11.8. The lowest BCUT2D eigenvalue weighted by atomic mass is 10.1. The average Bonchev–Trinajstić information content (AvgIpc) is 2.49. The molecule has 7 nitrogen and oxygen atoms in total. The van der Waals surface area contributed by atoms with Crippen LogP contribution in [-0.4, -0.2) is 75.3 Å². The van der Waals surface area contributed by atoms with E-state index in [-0.39, 0.29) is 42.0 Å². The van der Waals surface area contributed by atoms with E-state index in [9.17, 15) is 4.79 Å². The minimum absolute atomic E-state index is 0. The van der Waals surface area contributed by atoms with E-state index >= 15 is 0 Å². The van der Waals surface area contributed by atoms with Crippen molar-refractivity contribution in [2.75, 3.05) is 53.0 Å². The fraction of sp³-hybridized carbons (Fsp3) is 0.875. The zero-order chi connectivity index (χ0) is 17.1. The zero-order valence-corrected chi connectivity index (χ0v) is 17.8. The van der Waals surface area contributed by atoms with Gasteiger partial charge >= 0.3 is 0 Å². The summed E-state index contributed by atoms with van der Waals surface area (Å²) >= 11 is 0. The Morgan fingerprint density at radius 2 is 1.83 bits per heavy atom. The summed E-state index contributed by atoms with van der Waals surface area (Å²) in [5, 5.41) is 9.18. The van der Waals surface area contributed by atoms with Gasteiger partial charge in [-0.15, -0.1) is 24.0 Å². The first-order chi connectivity index (χ1) is 10.9. The number of amides is 1. The van der Waals surface area contributed by atoms with E-state index in [0.29, 0.717) is 5.96 Å². The van der Waals surface area contributed by atoms with E-state index in [1.807, 2.05) is 20.8 Å². The van der Waals surface area contributed by atoms with Gasteiger partial charge in [0.1, 0.15) is 0 Å².